The molecule has 1 N–H and O–H groups in total. The Hall–Kier alpha value is -1.10. The molecule has 1 aliphatic heterocycles. The largest absolute Gasteiger partial charge is 0.366 e. The molecule has 1 fully saturated rings. The summed E-state index contributed by atoms with van der Waals surface area (Å²) in [6.45, 7) is 13.0. The third-order valence-electron chi connectivity index (χ3n) is 3.49. The number of piperidine rings is 1. The lowest BCUT2D eigenvalue weighted by atomic mass is 9.94. The maximum atomic E-state index is 12.0. The third kappa shape index (κ3) is 6.46. The van der Waals surface area contributed by atoms with Gasteiger partial charge in [-0.05, 0) is 33.6 Å². The number of carbonyl (C=O) groups excluding carboxylic acids is 2. The first-order chi connectivity index (χ1) is 9.49. The molecular weight excluding hydrogens is 268 g/mol. The molecule has 5 heteroatoms. The lowest BCUT2D eigenvalue weighted by molar-refractivity contribution is -0.142. The van der Waals surface area contributed by atoms with E-state index < -0.39 is 0 Å². The number of nitrogens with one attached hydrogen (secondary N) is 1. The van der Waals surface area contributed by atoms with E-state index in [1.165, 1.54) is 0 Å². The van der Waals surface area contributed by atoms with Gasteiger partial charge in [-0.3, -0.25) is 9.59 Å². The van der Waals surface area contributed by atoms with Crippen LogP contribution in [0.5, 0.6) is 0 Å². The molecule has 0 spiro atoms. The van der Waals surface area contributed by atoms with Crippen LogP contribution in [0.25, 0.3) is 0 Å². The van der Waals surface area contributed by atoms with E-state index in [-0.39, 0.29) is 35.5 Å². The number of ether oxygens (including phenoxy) is 1. The monoisotopic (exact) mass is 298 g/mol. The highest BCUT2D eigenvalue weighted by atomic mass is 16.5. The van der Waals surface area contributed by atoms with Crippen molar-refractivity contribution in [2.45, 2.75) is 66.0 Å². The second-order valence-electron chi connectivity index (χ2n) is 7.78. The first kappa shape index (κ1) is 18.0. The summed E-state index contributed by atoms with van der Waals surface area (Å²) in [5.41, 5.74) is -0.665. The highest BCUT2D eigenvalue weighted by molar-refractivity contribution is 5.81. The maximum Gasteiger partial charge on any atom is 0.248 e. The molecule has 0 unspecified atom stereocenters. The number of nitrogens with zero attached hydrogens (tertiary/aromatic N) is 1. The van der Waals surface area contributed by atoms with E-state index in [4.69, 9.17) is 4.74 Å². The SMILES string of the molecule is CC(C)(C)OCC(=O)N1CCC(NC(=O)C(C)(C)C)CC1. The number of hydrogen-bond donors (Lipinski definition) is 1. The summed E-state index contributed by atoms with van der Waals surface area (Å²) in [5.74, 6) is 0.105. The van der Waals surface area contributed by atoms with Crippen LogP contribution in [-0.2, 0) is 14.3 Å². The zero-order chi connectivity index (χ0) is 16.3. The molecule has 122 valence electrons. The molecule has 0 aromatic rings. The van der Waals surface area contributed by atoms with Crippen molar-refractivity contribution in [2.24, 2.45) is 5.41 Å². The normalized spacial score (nSPS) is 17.7. The first-order valence-corrected chi connectivity index (χ1v) is 7.72. The Kier molecular flexibility index (Phi) is 5.79. The molecule has 2 amide bonds. The summed E-state index contributed by atoms with van der Waals surface area (Å²) in [6.07, 6.45) is 1.62. The molecule has 21 heavy (non-hydrogen) atoms. The number of likely N-dealkylation sites (tertiary alicyclic amines) is 1. The van der Waals surface area contributed by atoms with E-state index in [2.05, 4.69) is 5.32 Å². The van der Waals surface area contributed by atoms with E-state index >= 15 is 0 Å². The van der Waals surface area contributed by atoms with Gasteiger partial charge in [-0.15, -0.1) is 0 Å². The van der Waals surface area contributed by atoms with Crippen LogP contribution in [0, 0.1) is 5.41 Å². The fourth-order valence-electron chi connectivity index (χ4n) is 2.04. The van der Waals surface area contributed by atoms with Crippen molar-refractivity contribution in [1.82, 2.24) is 10.2 Å². The van der Waals surface area contributed by atoms with E-state index in [0.717, 1.165) is 12.8 Å². The molecule has 5 nitrogen and oxygen atoms in total. The second kappa shape index (κ2) is 6.77. The molecule has 0 bridgehead atoms. The molecular formula is C16H30N2O3. The van der Waals surface area contributed by atoms with Gasteiger partial charge in [-0.1, -0.05) is 20.8 Å². The minimum Gasteiger partial charge on any atom is -0.366 e. The van der Waals surface area contributed by atoms with E-state index in [0.29, 0.717) is 13.1 Å². The summed E-state index contributed by atoms with van der Waals surface area (Å²) in [4.78, 5) is 25.8. The minimum atomic E-state index is -0.368. The van der Waals surface area contributed by atoms with E-state index in [9.17, 15) is 9.59 Å². The van der Waals surface area contributed by atoms with Crippen molar-refractivity contribution in [2.75, 3.05) is 19.7 Å². The van der Waals surface area contributed by atoms with E-state index in [1.54, 1.807) is 0 Å². The van der Waals surface area contributed by atoms with Crippen molar-refractivity contribution in [3.05, 3.63) is 0 Å². The van der Waals surface area contributed by atoms with Crippen LogP contribution in [0.1, 0.15) is 54.4 Å². The zero-order valence-corrected chi connectivity index (χ0v) is 14.3. The third-order valence-corrected chi connectivity index (χ3v) is 3.49. The Morgan fingerprint density at radius 2 is 1.62 bits per heavy atom. The standard InChI is InChI=1S/C16H30N2O3/c1-15(2,3)14(20)17-12-7-9-18(10-8-12)13(19)11-21-16(4,5)6/h12H,7-11H2,1-6H3,(H,17,20). The van der Waals surface area contributed by atoms with E-state index in [1.807, 2.05) is 46.4 Å². The summed E-state index contributed by atoms with van der Waals surface area (Å²) < 4.78 is 5.52. The average molecular weight is 298 g/mol. The van der Waals surface area contributed by atoms with Crippen LogP contribution in [0.3, 0.4) is 0 Å². The Morgan fingerprint density at radius 3 is 2.05 bits per heavy atom. The fourth-order valence-corrected chi connectivity index (χ4v) is 2.04. The Bertz CT molecular complexity index is 372. The Labute approximate surface area is 128 Å². The predicted molar refractivity (Wildman–Crippen MR) is 82.9 cm³/mol. The van der Waals surface area contributed by atoms with Gasteiger partial charge in [-0.2, -0.15) is 0 Å². The quantitative estimate of drug-likeness (QED) is 0.866. The van der Waals surface area contributed by atoms with Gasteiger partial charge >= 0.3 is 0 Å². The molecule has 0 radical (unpaired) electrons. The van der Waals surface area contributed by atoms with Crippen molar-refractivity contribution in [3.8, 4) is 0 Å². The molecule has 1 saturated heterocycles. The molecule has 1 aliphatic rings. The van der Waals surface area contributed by atoms with Gasteiger partial charge in [0.05, 0.1) is 5.60 Å². The van der Waals surface area contributed by atoms with Crippen LogP contribution in [-0.4, -0.2) is 48.1 Å². The molecule has 0 aromatic carbocycles. The van der Waals surface area contributed by atoms with Crippen molar-refractivity contribution >= 4 is 11.8 Å². The Balaban J connectivity index is 2.35. The molecule has 0 saturated carbocycles. The summed E-state index contributed by atoms with van der Waals surface area (Å²) in [5, 5.41) is 3.07. The molecule has 0 aliphatic carbocycles. The summed E-state index contributed by atoms with van der Waals surface area (Å²) in [6, 6.07) is 0.171. The van der Waals surface area contributed by atoms with Crippen molar-refractivity contribution in [1.29, 1.82) is 0 Å². The van der Waals surface area contributed by atoms with Crippen molar-refractivity contribution in [3.63, 3.8) is 0 Å². The molecule has 1 rings (SSSR count). The van der Waals surface area contributed by atoms with Gasteiger partial charge < -0.3 is 15.0 Å². The van der Waals surface area contributed by atoms with Crippen LogP contribution < -0.4 is 5.32 Å². The van der Waals surface area contributed by atoms with Crippen LogP contribution in [0.15, 0.2) is 0 Å². The molecule has 0 aromatic heterocycles. The highest BCUT2D eigenvalue weighted by Gasteiger charge is 2.28. The predicted octanol–water partition coefficient (Wildman–Crippen LogP) is 1.95. The lowest BCUT2D eigenvalue weighted by Crippen LogP contribution is -2.49. The second-order valence-corrected chi connectivity index (χ2v) is 7.78. The Morgan fingerprint density at radius 1 is 1.10 bits per heavy atom. The van der Waals surface area contributed by atoms with Gasteiger partial charge in [0, 0.05) is 24.5 Å². The molecule has 0 atom stereocenters. The van der Waals surface area contributed by atoms with Gasteiger partial charge in [0.1, 0.15) is 6.61 Å². The average Bonchev–Trinajstić information content (AvgIpc) is 2.35. The summed E-state index contributed by atoms with van der Waals surface area (Å²) in [7, 11) is 0. The lowest BCUT2D eigenvalue weighted by Gasteiger charge is -2.34. The number of carbonyl (C=O) groups is 2. The summed E-state index contributed by atoms with van der Waals surface area (Å²) >= 11 is 0. The maximum absolute atomic E-state index is 12.0. The zero-order valence-electron chi connectivity index (χ0n) is 14.3. The number of rotatable bonds is 3. The van der Waals surface area contributed by atoms with Gasteiger partial charge in [0.25, 0.3) is 0 Å². The topological polar surface area (TPSA) is 58.6 Å². The number of hydrogen-bond acceptors (Lipinski definition) is 3. The smallest absolute Gasteiger partial charge is 0.248 e. The van der Waals surface area contributed by atoms with Gasteiger partial charge in [0.15, 0.2) is 0 Å². The van der Waals surface area contributed by atoms with Gasteiger partial charge in [0.2, 0.25) is 11.8 Å². The fraction of sp³-hybridized carbons (Fsp3) is 0.875. The highest BCUT2D eigenvalue weighted by Crippen LogP contribution is 2.17. The first-order valence-electron chi connectivity index (χ1n) is 7.72. The van der Waals surface area contributed by atoms with Crippen molar-refractivity contribution < 1.29 is 14.3 Å². The van der Waals surface area contributed by atoms with Crippen LogP contribution >= 0.6 is 0 Å². The van der Waals surface area contributed by atoms with Gasteiger partial charge in [-0.25, -0.2) is 0 Å². The minimum absolute atomic E-state index is 0.0329. The van der Waals surface area contributed by atoms with Crippen LogP contribution in [0.2, 0.25) is 0 Å². The number of amides is 2. The van der Waals surface area contributed by atoms with Crippen LogP contribution in [0.4, 0.5) is 0 Å². The molecule has 1 heterocycles.